The molecule has 0 N–H and O–H groups in total. The fourth-order valence-electron chi connectivity index (χ4n) is 3.49. The van der Waals surface area contributed by atoms with Gasteiger partial charge in [0, 0.05) is 17.1 Å². The lowest BCUT2D eigenvalue weighted by atomic mass is 10.1. The van der Waals surface area contributed by atoms with Crippen molar-refractivity contribution in [1.82, 2.24) is 19.7 Å². The van der Waals surface area contributed by atoms with E-state index in [1.165, 1.54) is 26.4 Å². The predicted octanol–water partition coefficient (Wildman–Crippen LogP) is 2.85. The zero-order valence-corrected chi connectivity index (χ0v) is 14.9. The molecule has 7 nitrogen and oxygen atoms in total. The molecule has 0 atom stereocenters. The van der Waals surface area contributed by atoms with E-state index >= 15 is 0 Å². The third-order valence-corrected chi connectivity index (χ3v) is 4.82. The van der Waals surface area contributed by atoms with Crippen molar-refractivity contribution in [3.05, 3.63) is 36.4 Å². The number of hydrogen-bond acceptors (Lipinski definition) is 6. The quantitative estimate of drug-likeness (QED) is 0.656. The van der Waals surface area contributed by atoms with Crippen LogP contribution in [0.3, 0.4) is 0 Å². The van der Waals surface area contributed by atoms with Gasteiger partial charge in [0.1, 0.15) is 6.54 Å². The van der Waals surface area contributed by atoms with Gasteiger partial charge in [0.2, 0.25) is 11.8 Å². The molecule has 26 heavy (non-hydrogen) atoms. The van der Waals surface area contributed by atoms with Gasteiger partial charge in [0.05, 0.1) is 19.2 Å². The summed E-state index contributed by atoms with van der Waals surface area (Å²) in [5, 5.41) is 9.44. The van der Waals surface area contributed by atoms with E-state index in [1.807, 2.05) is 35.0 Å². The molecular weight excluding hydrogens is 332 g/mol. The Morgan fingerprint density at radius 1 is 1.19 bits per heavy atom. The number of hydrogen-bond donors (Lipinski definition) is 0. The Hall–Kier alpha value is -2.67. The molecule has 4 rings (SSSR count). The maximum absolute atomic E-state index is 11.7. The predicted molar refractivity (Wildman–Crippen MR) is 96.4 cm³/mol. The van der Waals surface area contributed by atoms with Crippen LogP contribution in [-0.2, 0) is 22.6 Å². The Kier molecular flexibility index (Phi) is 4.71. The number of fused-ring (bicyclic) bond motifs is 1. The Labute approximate surface area is 151 Å². The highest BCUT2D eigenvalue weighted by Gasteiger charge is 2.19. The molecule has 0 aliphatic carbocycles. The Bertz CT molecular complexity index is 909. The van der Waals surface area contributed by atoms with Crippen LogP contribution in [0.1, 0.15) is 25.2 Å². The van der Waals surface area contributed by atoms with Crippen molar-refractivity contribution in [2.24, 2.45) is 0 Å². The first kappa shape index (κ1) is 16.8. The zero-order valence-electron chi connectivity index (χ0n) is 14.9. The van der Waals surface area contributed by atoms with Crippen molar-refractivity contribution in [3.8, 4) is 11.5 Å². The number of benzene rings is 1. The van der Waals surface area contributed by atoms with Gasteiger partial charge < -0.3 is 13.7 Å². The highest BCUT2D eigenvalue weighted by atomic mass is 16.5. The molecule has 7 heteroatoms. The molecule has 0 saturated carbocycles. The minimum Gasteiger partial charge on any atom is -0.468 e. The molecule has 1 fully saturated rings. The average Bonchev–Trinajstić information content (AvgIpc) is 3.27. The van der Waals surface area contributed by atoms with Gasteiger partial charge >= 0.3 is 5.97 Å². The first-order chi connectivity index (χ1) is 12.7. The summed E-state index contributed by atoms with van der Waals surface area (Å²) in [6.45, 7) is 2.99. The van der Waals surface area contributed by atoms with E-state index in [-0.39, 0.29) is 12.5 Å². The normalized spacial score (nSPS) is 15.4. The van der Waals surface area contributed by atoms with E-state index in [0.29, 0.717) is 18.3 Å². The van der Waals surface area contributed by atoms with Crippen LogP contribution in [0.4, 0.5) is 0 Å². The first-order valence-electron chi connectivity index (χ1n) is 8.94. The van der Waals surface area contributed by atoms with Crippen molar-refractivity contribution in [1.29, 1.82) is 0 Å². The molecule has 1 aromatic carbocycles. The summed E-state index contributed by atoms with van der Waals surface area (Å²) in [4.78, 5) is 14.0. The van der Waals surface area contributed by atoms with E-state index in [0.717, 1.165) is 29.6 Å². The third-order valence-electron chi connectivity index (χ3n) is 4.82. The summed E-state index contributed by atoms with van der Waals surface area (Å²) >= 11 is 0. The molecule has 0 bridgehead atoms. The summed E-state index contributed by atoms with van der Waals surface area (Å²) in [6.07, 6.45) is 5.62. The van der Waals surface area contributed by atoms with Crippen molar-refractivity contribution in [2.45, 2.75) is 32.4 Å². The van der Waals surface area contributed by atoms with Crippen molar-refractivity contribution >= 4 is 16.9 Å². The van der Waals surface area contributed by atoms with Crippen LogP contribution in [0.5, 0.6) is 0 Å². The third kappa shape index (κ3) is 3.35. The fourth-order valence-corrected chi connectivity index (χ4v) is 3.49. The molecule has 0 unspecified atom stereocenters. The van der Waals surface area contributed by atoms with Crippen molar-refractivity contribution < 1.29 is 13.9 Å². The lowest BCUT2D eigenvalue weighted by Gasteiger charge is -2.24. The molecule has 1 aliphatic rings. The monoisotopic (exact) mass is 354 g/mol. The molecule has 3 heterocycles. The second-order valence-corrected chi connectivity index (χ2v) is 6.60. The van der Waals surface area contributed by atoms with E-state index in [4.69, 9.17) is 9.15 Å². The standard InChI is InChI=1S/C19H22N4O3/c1-25-18(24)13-23-11-15(14-7-3-4-8-16(14)23)19-21-20-17(26-19)12-22-9-5-2-6-10-22/h3-4,7-8,11H,2,5-6,9-10,12-13H2,1H3. The maximum Gasteiger partial charge on any atom is 0.325 e. The molecule has 2 aromatic heterocycles. The smallest absolute Gasteiger partial charge is 0.325 e. The number of carbonyl (C=O) groups excluding carboxylic acids is 1. The van der Waals surface area contributed by atoms with Crippen LogP contribution in [0.15, 0.2) is 34.9 Å². The van der Waals surface area contributed by atoms with Crippen LogP contribution in [0, 0.1) is 0 Å². The molecule has 136 valence electrons. The molecule has 3 aromatic rings. The molecular formula is C19H22N4O3. The van der Waals surface area contributed by atoms with Crippen molar-refractivity contribution in [2.75, 3.05) is 20.2 Å². The number of rotatable bonds is 5. The zero-order chi connectivity index (χ0) is 17.9. The highest BCUT2D eigenvalue weighted by Crippen LogP contribution is 2.30. The van der Waals surface area contributed by atoms with Gasteiger partial charge in [-0.05, 0) is 32.0 Å². The van der Waals surface area contributed by atoms with Gasteiger partial charge in [-0.25, -0.2) is 0 Å². The summed E-state index contributed by atoms with van der Waals surface area (Å²) in [7, 11) is 1.39. The minimum atomic E-state index is -0.298. The number of methoxy groups -OCH3 is 1. The van der Waals surface area contributed by atoms with Crippen LogP contribution in [0.25, 0.3) is 22.4 Å². The average molecular weight is 354 g/mol. The van der Waals surface area contributed by atoms with Crippen molar-refractivity contribution in [3.63, 3.8) is 0 Å². The molecule has 1 saturated heterocycles. The Morgan fingerprint density at radius 3 is 2.81 bits per heavy atom. The number of likely N-dealkylation sites (tertiary alicyclic amines) is 1. The largest absolute Gasteiger partial charge is 0.468 e. The number of esters is 1. The van der Waals surface area contributed by atoms with E-state index in [2.05, 4.69) is 15.1 Å². The van der Waals surface area contributed by atoms with Gasteiger partial charge in [-0.3, -0.25) is 9.69 Å². The fraction of sp³-hybridized carbons (Fsp3) is 0.421. The van der Waals surface area contributed by atoms with Gasteiger partial charge in [0.25, 0.3) is 0 Å². The Morgan fingerprint density at radius 2 is 2.00 bits per heavy atom. The van der Waals surface area contributed by atoms with E-state index < -0.39 is 0 Å². The van der Waals surface area contributed by atoms with E-state index in [1.54, 1.807) is 0 Å². The summed E-state index contributed by atoms with van der Waals surface area (Å²) < 4.78 is 12.6. The number of aromatic nitrogens is 3. The minimum absolute atomic E-state index is 0.145. The summed E-state index contributed by atoms with van der Waals surface area (Å²) in [5.74, 6) is 0.817. The van der Waals surface area contributed by atoms with Crippen LogP contribution in [-0.4, -0.2) is 45.8 Å². The number of carbonyl (C=O) groups is 1. The second kappa shape index (κ2) is 7.29. The molecule has 0 spiro atoms. The summed E-state index contributed by atoms with van der Waals surface area (Å²) in [5.41, 5.74) is 1.77. The lowest BCUT2D eigenvalue weighted by Crippen LogP contribution is -2.29. The molecule has 0 radical (unpaired) electrons. The number of para-hydroxylation sites is 1. The number of piperidine rings is 1. The topological polar surface area (TPSA) is 73.4 Å². The van der Waals surface area contributed by atoms with Gasteiger partial charge in [0.15, 0.2) is 0 Å². The second-order valence-electron chi connectivity index (χ2n) is 6.60. The summed E-state index contributed by atoms with van der Waals surface area (Å²) in [6, 6.07) is 7.86. The number of ether oxygens (including phenoxy) is 1. The van der Waals surface area contributed by atoms with Crippen LogP contribution < -0.4 is 0 Å². The maximum atomic E-state index is 11.7. The van der Waals surface area contributed by atoms with Crippen LogP contribution >= 0.6 is 0 Å². The molecule has 1 aliphatic heterocycles. The van der Waals surface area contributed by atoms with Crippen LogP contribution in [0.2, 0.25) is 0 Å². The highest BCUT2D eigenvalue weighted by molar-refractivity contribution is 5.94. The molecule has 0 amide bonds. The first-order valence-corrected chi connectivity index (χ1v) is 8.94. The lowest BCUT2D eigenvalue weighted by molar-refractivity contribution is -0.141. The van der Waals surface area contributed by atoms with E-state index in [9.17, 15) is 4.79 Å². The van der Waals surface area contributed by atoms with Gasteiger partial charge in [-0.1, -0.05) is 24.6 Å². The van der Waals surface area contributed by atoms with Gasteiger partial charge in [-0.15, -0.1) is 10.2 Å². The van der Waals surface area contributed by atoms with Gasteiger partial charge in [-0.2, -0.15) is 0 Å². The Balaban J connectivity index is 1.63. The number of nitrogens with zero attached hydrogens (tertiary/aromatic N) is 4. The SMILES string of the molecule is COC(=O)Cn1cc(-c2nnc(CN3CCCCC3)o2)c2ccccc21.